The van der Waals surface area contributed by atoms with Crippen LogP contribution in [0.2, 0.25) is 0 Å². The second kappa shape index (κ2) is 6.81. The third-order valence-electron chi connectivity index (χ3n) is 3.14. The fourth-order valence-corrected chi connectivity index (χ4v) is 2.24. The SMILES string of the molecule is CCCN(CC1CCCN1)C(C)CC#N. The van der Waals surface area contributed by atoms with Crippen LogP contribution in [0.3, 0.4) is 0 Å². The summed E-state index contributed by atoms with van der Waals surface area (Å²) in [5.74, 6) is 0. The summed E-state index contributed by atoms with van der Waals surface area (Å²) in [7, 11) is 0. The summed E-state index contributed by atoms with van der Waals surface area (Å²) in [4.78, 5) is 2.45. The predicted molar refractivity (Wildman–Crippen MR) is 62.6 cm³/mol. The number of hydrogen-bond donors (Lipinski definition) is 1. The number of rotatable bonds is 6. The molecule has 0 bridgehead atoms. The zero-order valence-corrected chi connectivity index (χ0v) is 10.00. The number of nitrogens with one attached hydrogen (secondary N) is 1. The number of nitriles is 1. The summed E-state index contributed by atoms with van der Waals surface area (Å²) >= 11 is 0. The molecule has 2 unspecified atom stereocenters. The molecular weight excluding hydrogens is 186 g/mol. The molecule has 0 saturated carbocycles. The molecule has 15 heavy (non-hydrogen) atoms. The van der Waals surface area contributed by atoms with Crippen molar-refractivity contribution in [2.45, 2.75) is 51.6 Å². The van der Waals surface area contributed by atoms with Crippen molar-refractivity contribution in [2.24, 2.45) is 0 Å². The minimum absolute atomic E-state index is 0.400. The van der Waals surface area contributed by atoms with E-state index in [-0.39, 0.29) is 0 Å². The molecule has 1 heterocycles. The summed E-state index contributed by atoms with van der Waals surface area (Å²) in [5, 5.41) is 12.2. The van der Waals surface area contributed by atoms with Crippen molar-refractivity contribution in [1.82, 2.24) is 10.2 Å². The van der Waals surface area contributed by atoms with Gasteiger partial charge >= 0.3 is 0 Å². The van der Waals surface area contributed by atoms with E-state index in [1.165, 1.54) is 19.3 Å². The van der Waals surface area contributed by atoms with E-state index in [4.69, 9.17) is 5.26 Å². The highest BCUT2D eigenvalue weighted by molar-refractivity contribution is 4.84. The van der Waals surface area contributed by atoms with E-state index in [1.54, 1.807) is 0 Å². The van der Waals surface area contributed by atoms with Crippen LogP contribution in [-0.4, -0.2) is 36.6 Å². The molecule has 0 aromatic heterocycles. The molecule has 1 rings (SSSR count). The van der Waals surface area contributed by atoms with Gasteiger partial charge in [-0.05, 0) is 39.3 Å². The lowest BCUT2D eigenvalue weighted by atomic mass is 10.1. The Labute approximate surface area is 93.5 Å². The Balaban J connectivity index is 2.38. The molecule has 1 aliphatic heterocycles. The van der Waals surface area contributed by atoms with Crippen molar-refractivity contribution in [1.29, 1.82) is 5.26 Å². The lowest BCUT2D eigenvalue weighted by Crippen LogP contribution is -2.42. The average molecular weight is 209 g/mol. The highest BCUT2D eigenvalue weighted by Crippen LogP contribution is 2.11. The Hall–Kier alpha value is -0.590. The molecule has 3 nitrogen and oxygen atoms in total. The maximum atomic E-state index is 8.72. The standard InChI is InChI=1S/C12H23N3/c1-3-9-15(11(2)6-7-13)10-12-5-4-8-14-12/h11-12,14H,3-6,8-10H2,1-2H3. The molecule has 0 amide bonds. The van der Waals surface area contributed by atoms with E-state index < -0.39 is 0 Å². The molecule has 0 spiro atoms. The van der Waals surface area contributed by atoms with Crippen molar-refractivity contribution in [3.63, 3.8) is 0 Å². The fourth-order valence-electron chi connectivity index (χ4n) is 2.24. The van der Waals surface area contributed by atoms with Gasteiger partial charge in [0.1, 0.15) is 0 Å². The van der Waals surface area contributed by atoms with E-state index >= 15 is 0 Å². The van der Waals surface area contributed by atoms with Crippen molar-refractivity contribution < 1.29 is 0 Å². The van der Waals surface area contributed by atoms with E-state index in [0.717, 1.165) is 19.6 Å². The lowest BCUT2D eigenvalue weighted by Gasteiger charge is -2.29. The van der Waals surface area contributed by atoms with Crippen LogP contribution in [0.1, 0.15) is 39.5 Å². The second-order valence-corrected chi connectivity index (χ2v) is 4.50. The maximum Gasteiger partial charge on any atom is 0.0638 e. The predicted octanol–water partition coefficient (Wildman–Crippen LogP) is 1.75. The molecule has 1 aliphatic rings. The highest BCUT2D eigenvalue weighted by Gasteiger charge is 2.20. The fraction of sp³-hybridized carbons (Fsp3) is 0.917. The monoisotopic (exact) mass is 209 g/mol. The third-order valence-corrected chi connectivity index (χ3v) is 3.14. The molecule has 0 aromatic carbocycles. The molecule has 1 fully saturated rings. The normalized spacial score (nSPS) is 22.9. The minimum atomic E-state index is 0.400. The molecule has 1 saturated heterocycles. The van der Waals surface area contributed by atoms with Crippen molar-refractivity contribution in [2.75, 3.05) is 19.6 Å². The van der Waals surface area contributed by atoms with Crippen LogP contribution >= 0.6 is 0 Å². The van der Waals surface area contributed by atoms with Crippen molar-refractivity contribution in [3.8, 4) is 6.07 Å². The molecule has 0 aromatic rings. The molecule has 86 valence electrons. The summed E-state index contributed by atoms with van der Waals surface area (Å²) in [6.07, 6.45) is 4.41. The summed E-state index contributed by atoms with van der Waals surface area (Å²) in [5.41, 5.74) is 0. The first-order valence-corrected chi connectivity index (χ1v) is 6.12. The van der Waals surface area contributed by atoms with Crippen molar-refractivity contribution in [3.05, 3.63) is 0 Å². The van der Waals surface area contributed by atoms with Gasteiger partial charge in [0.25, 0.3) is 0 Å². The van der Waals surface area contributed by atoms with Crippen LogP contribution in [0.15, 0.2) is 0 Å². The van der Waals surface area contributed by atoms with Gasteiger partial charge in [-0.15, -0.1) is 0 Å². The van der Waals surface area contributed by atoms with Gasteiger partial charge in [0.05, 0.1) is 12.5 Å². The number of hydrogen-bond acceptors (Lipinski definition) is 3. The lowest BCUT2D eigenvalue weighted by molar-refractivity contribution is 0.193. The Morgan fingerprint density at radius 2 is 2.40 bits per heavy atom. The molecule has 2 atom stereocenters. The quantitative estimate of drug-likeness (QED) is 0.724. The molecule has 1 N–H and O–H groups in total. The summed E-state index contributed by atoms with van der Waals surface area (Å²) in [6.45, 7) is 7.75. The molecule has 3 heteroatoms. The molecule has 0 radical (unpaired) electrons. The Kier molecular flexibility index (Phi) is 5.67. The van der Waals surface area contributed by atoms with Gasteiger partial charge in [-0.1, -0.05) is 6.92 Å². The first-order chi connectivity index (χ1) is 7.27. The summed E-state index contributed by atoms with van der Waals surface area (Å²) < 4.78 is 0. The van der Waals surface area contributed by atoms with Crippen molar-refractivity contribution >= 4 is 0 Å². The number of nitrogens with zero attached hydrogens (tertiary/aromatic N) is 2. The molecular formula is C12H23N3. The Morgan fingerprint density at radius 1 is 1.60 bits per heavy atom. The van der Waals surface area contributed by atoms with Gasteiger partial charge in [-0.3, -0.25) is 4.90 Å². The zero-order valence-electron chi connectivity index (χ0n) is 10.00. The van der Waals surface area contributed by atoms with Crippen LogP contribution in [0.25, 0.3) is 0 Å². The summed E-state index contributed by atoms with van der Waals surface area (Å²) in [6, 6.07) is 3.32. The van der Waals surface area contributed by atoms with Gasteiger partial charge in [0.15, 0.2) is 0 Å². The van der Waals surface area contributed by atoms with Crippen LogP contribution in [0.4, 0.5) is 0 Å². The van der Waals surface area contributed by atoms with Crippen LogP contribution in [0.5, 0.6) is 0 Å². The first-order valence-electron chi connectivity index (χ1n) is 6.12. The topological polar surface area (TPSA) is 39.1 Å². The van der Waals surface area contributed by atoms with Crippen LogP contribution < -0.4 is 5.32 Å². The molecule has 0 aliphatic carbocycles. The van der Waals surface area contributed by atoms with E-state index in [2.05, 4.69) is 30.1 Å². The van der Waals surface area contributed by atoms with Crippen LogP contribution in [-0.2, 0) is 0 Å². The Morgan fingerprint density at radius 3 is 2.93 bits per heavy atom. The zero-order chi connectivity index (χ0) is 11.1. The van der Waals surface area contributed by atoms with Gasteiger partial charge in [-0.25, -0.2) is 0 Å². The average Bonchev–Trinajstić information content (AvgIpc) is 2.70. The van der Waals surface area contributed by atoms with E-state index in [1.807, 2.05) is 0 Å². The smallest absolute Gasteiger partial charge is 0.0638 e. The van der Waals surface area contributed by atoms with Gasteiger partial charge in [-0.2, -0.15) is 5.26 Å². The maximum absolute atomic E-state index is 8.72. The largest absolute Gasteiger partial charge is 0.313 e. The van der Waals surface area contributed by atoms with Crippen LogP contribution in [0, 0.1) is 11.3 Å². The van der Waals surface area contributed by atoms with E-state index in [0.29, 0.717) is 18.5 Å². The Bertz CT molecular complexity index is 203. The second-order valence-electron chi connectivity index (χ2n) is 4.50. The van der Waals surface area contributed by atoms with Gasteiger partial charge in [0, 0.05) is 18.6 Å². The first kappa shape index (κ1) is 12.5. The minimum Gasteiger partial charge on any atom is -0.313 e. The van der Waals surface area contributed by atoms with E-state index in [9.17, 15) is 0 Å². The van der Waals surface area contributed by atoms with Gasteiger partial charge in [0.2, 0.25) is 0 Å². The third kappa shape index (κ3) is 4.19. The highest BCUT2D eigenvalue weighted by atomic mass is 15.2. The van der Waals surface area contributed by atoms with Gasteiger partial charge < -0.3 is 5.32 Å².